The molecule has 3 fully saturated rings. The van der Waals surface area contributed by atoms with Gasteiger partial charge in [0.25, 0.3) is 0 Å². The summed E-state index contributed by atoms with van der Waals surface area (Å²) < 4.78 is 0. The standard InChI is InChI=1S/C23H36O2/c1-14-12-20-18-7-6-16-13-17(25)8-10-21(16,3)19(18)9-11-22(20,4)23(14,5)15(2)24/h6,14,17-20,25H,7-13H2,1-5H3/t14-,17+,18-,19+,20+,21+,22+,23-/m1/s1. The lowest BCUT2D eigenvalue weighted by Gasteiger charge is -2.59. The van der Waals surface area contributed by atoms with Crippen LogP contribution in [0, 0.1) is 39.9 Å². The van der Waals surface area contributed by atoms with E-state index in [2.05, 4.69) is 33.8 Å². The Hall–Kier alpha value is -0.630. The fraction of sp³-hybridized carbons (Fsp3) is 0.870. The topological polar surface area (TPSA) is 37.3 Å². The van der Waals surface area contributed by atoms with Gasteiger partial charge < -0.3 is 5.11 Å². The van der Waals surface area contributed by atoms with Crippen molar-refractivity contribution in [2.24, 2.45) is 39.9 Å². The molecule has 1 N–H and O–H groups in total. The molecule has 0 heterocycles. The van der Waals surface area contributed by atoms with Crippen LogP contribution in [-0.4, -0.2) is 17.0 Å². The number of carbonyl (C=O) groups is 1. The third-order valence-corrected chi connectivity index (χ3v) is 9.98. The van der Waals surface area contributed by atoms with E-state index in [1.54, 1.807) is 0 Å². The predicted octanol–water partition coefficient (Wildman–Crippen LogP) is 5.15. The van der Waals surface area contributed by atoms with Crippen LogP contribution in [0.2, 0.25) is 0 Å². The number of ketones is 1. The molecule has 4 aliphatic rings. The van der Waals surface area contributed by atoms with Crippen LogP contribution >= 0.6 is 0 Å². The highest BCUT2D eigenvalue weighted by Gasteiger charge is 2.66. The number of Topliss-reactive ketones (excluding diaryl/α,β-unsaturated/α-hetero) is 1. The van der Waals surface area contributed by atoms with Crippen LogP contribution in [0.1, 0.15) is 79.6 Å². The van der Waals surface area contributed by atoms with Crippen molar-refractivity contribution in [1.29, 1.82) is 0 Å². The molecule has 0 radical (unpaired) electrons. The second-order valence-corrected chi connectivity index (χ2v) is 10.5. The van der Waals surface area contributed by atoms with E-state index in [9.17, 15) is 9.90 Å². The van der Waals surface area contributed by atoms with Crippen molar-refractivity contribution in [3.8, 4) is 0 Å². The monoisotopic (exact) mass is 344 g/mol. The van der Waals surface area contributed by atoms with E-state index in [0.717, 1.165) is 31.1 Å². The molecule has 0 unspecified atom stereocenters. The van der Waals surface area contributed by atoms with E-state index in [1.807, 2.05) is 6.92 Å². The van der Waals surface area contributed by atoms with Crippen molar-refractivity contribution in [2.75, 3.05) is 0 Å². The number of fused-ring (bicyclic) bond motifs is 5. The van der Waals surface area contributed by atoms with Crippen molar-refractivity contribution in [2.45, 2.75) is 85.7 Å². The first kappa shape index (κ1) is 17.8. The molecule has 0 bridgehead atoms. The SMILES string of the molecule is CC(=O)[C@@]1(C)[C@H](C)C[C@H]2[C@@H]3CC=C4C[C@@H](O)CC[C@]4(C)[C@H]3CC[C@@]21C. The van der Waals surface area contributed by atoms with Crippen LogP contribution < -0.4 is 0 Å². The molecule has 0 aromatic carbocycles. The van der Waals surface area contributed by atoms with E-state index in [1.165, 1.54) is 31.3 Å². The normalized spacial score (nSPS) is 55.0. The highest BCUT2D eigenvalue weighted by atomic mass is 16.3. The molecule has 0 aromatic rings. The van der Waals surface area contributed by atoms with Crippen LogP contribution in [0.3, 0.4) is 0 Å². The van der Waals surface area contributed by atoms with E-state index in [4.69, 9.17) is 0 Å². The molecule has 8 atom stereocenters. The number of aliphatic hydroxyl groups excluding tert-OH is 1. The molecule has 2 heteroatoms. The Morgan fingerprint density at radius 2 is 1.88 bits per heavy atom. The lowest BCUT2D eigenvalue weighted by atomic mass is 9.45. The Kier molecular flexibility index (Phi) is 3.87. The van der Waals surface area contributed by atoms with Crippen molar-refractivity contribution < 1.29 is 9.90 Å². The van der Waals surface area contributed by atoms with Gasteiger partial charge in [0.1, 0.15) is 5.78 Å². The summed E-state index contributed by atoms with van der Waals surface area (Å²) in [6.45, 7) is 11.3. The molecule has 0 aromatic heterocycles. The largest absolute Gasteiger partial charge is 0.393 e. The molecule has 4 aliphatic carbocycles. The minimum absolute atomic E-state index is 0.128. The van der Waals surface area contributed by atoms with Crippen LogP contribution in [0.25, 0.3) is 0 Å². The summed E-state index contributed by atoms with van der Waals surface area (Å²) in [5.41, 5.74) is 1.84. The minimum atomic E-state index is -0.156. The predicted molar refractivity (Wildman–Crippen MR) is 101 cm³/mol. The smallest absolute Gasteiger partial charge is 0.136 e. The zero-order chi connectivity index (χ0) is 18.2. The Balaban J connectivity index is 1.72. The number of hydrogen-bond donors (Lipinski definition) is 1. The molecular formula is C23H36O2. The van der Waals surface area contributed by atoms with Gasteiger partial charge in [0.2, 0.25) is 0 Å². The van der Waals surface area contributed by atoms with Gasteiger partial charge in [-0.2, -0.15) is 0 Å². The third kappa shape index (κ3) is 2.10. The van der Waals surface area contributed by atoms with Gasteiger partial charge in [-0.3, -0.25) is 4.79 Å². The van der Waals surface area contributed by atoms with Gasteiger partial charge in [-0.05, 0) is 86.4 Å². The Labute approximate surface area is 153 Å². The van der Waals surface area contributed by atoms with Gasteiger partial charge in [0.15, 0.2) is 0 Å². The summed E-state index contributed by atoms with van der Waals surface area (Å²) in [7, 11) is 0. The van der Waals surface area contributed by atoms with E-state index in [0.29, 0.717) is 23.0 Å². The van der Waals surface area contributed by atoms with Crippen molar-refractivity contribution in [3.63, 3.8) is 0 Å². The van der Waals surface area contributed by atoms with E-state index < -0.39 is 0 Å². The van der Waals surface area contributed by atoms with Gasteiger partial charge in [-0.1, -0.05) is 39.3 Å². The van der Waals surface area contributed by atoms with E-state index >= 15 is 0 Å². The molecule has 140 valence electrons. The summed E-state index contributed by atoms with van der Waals surface area (Å²) in [5.74, 6) is 3.05. The quantitative estimate of drug-likeness (QED) is 0.668. The molecule has 0 aliphatic heterocycles. The molecule has 3 saturated carbocycles. The Morgan fingerprint density at radius 3 is 2.56 bits per heavy atom. The maximum absolute atomic E-state index is 12.7. The second-order valence-electron chi connectivity index (χ2n) is 10.5. The summed E-state index contributed by atoms with van der Waals surface area (Å²) in [6.07, 6.45) is 10.2. The Bertz CT molecular complexity index is 622. The fourth-order valence-corrected chi connectivity index (χ4v) is 7.97. The summed E-state index contributed by atoms with van der Waals surface area (Å²) in [6, 6.07) is 0. The number of hydrogen-bond acceptors (Lipinski definition) is 2. The van der Waals surface area contributed by atoms with Gasteiger partial charge in [-0.25, -0.2) is 0 Å². The van der Waals surface area contributed by atoms with Gasteiger partial charge in [0, 0.05) is 5.41 Å². The lowest BCUT2D eigenvalue weighted by molar-refractivity contribution is -0.140. The molecule has 4 rings (SSSR count). The van der Waals surface area contributed by atoms with Gasteiger partial charge in [0.05, 0.1) is 6.10 Å². The second kappa shape index (κ2) is 5.44. The van der Waals surface area contributed by atoms with Crippen LogP contribution in [0.15, 0.2) is 11.6 Å². The highest BCUT2D eigenvalue weighted by Crippen LogP contribution is 2.71. The van der Waals surface area contributed by atoms with Crippen LogP contribution in [-0.2, 0) is 4.79 Å². The maximum atomic E-state index is 12.7. The minimum Gasteiger partial charge on any atom is -0.393 e. The zero-order valence-electron chi connectivity index (χ0n) is 16.8. The van der Waals surface area contributed by atoms with Crippen LogP contribution in [0.4, 0.5) is 0 Å². The highest BCUT2D eigenvalue weighted by molar-refractivity contribution is 5.83. The summed E-state index contributed by atoms with van der Waals surface area (Å²) in [4.78, 5) is 12.7. The Morgan fingerprint density at radius 1 is 1.16 bits per heavy atom. The van der Waals surface area contributed by atoms with Crippen molar-refractivity contribution >= 4 is 5.78 Å². The molecule has 0 amide bonds. The average Bonchev–Trinajstić information content (AvgIpc) is 2.77. The molecule has 25 heavy (non-hydrogen) atoms. The first-order valence-corrected chi connectivity index (χ1v) is 10.5. The van der Waals surface area contributed by atoms with Gasteiger partial charge in [-0.15, -0.1) is 0 Å². The van der Waals surface area contributed by atoms with Gasteiger partial charge >= 0.3 is 0 Å². The number of carbonyl (C=O) groups excluding carboxylic acids is 1. The van der Waals surface area contributed by atoms with E-state index in [-0.39, 0.29) is 16.9 Å². The number of allylic oxidation sites excluding steroid dienone is 1. The third-order valence-electron chi connectivity index (χ3n) is 9.98. The number of aliphatic hydroxyl groups is 1. The zero-order valence-corrected chi connectivity index (χ0v) is 16.8. The first-order chi connectivity index (χ1) is 11.6. The molecular weight excluding hydrogens is 308 g/mol. The first-order valence-electron chi connectivity index (χ1n) is 10.5. The maximum Gasteiger partial charge on any atom is 0.136 e. The average molecular weight is 345 g/mol. The lowest BCUT2D eigenvalue weighted by Crippen LogP contribution is -2.53. The van der Waals surface area contributed by atoms with Crippen molar-refractivity contribution in [1.82, 2.24) is 0 Å². The molecule has 2 nitrogen and oxygen atoms in total. The molecule has 0 saturated heterocycles. The summed E-state index contributed by atoms with van der Waals surface area (Å²) in [5, 5.41) is 10.1. The summed E-state index contributed by atoms with van der Waals surface area (Å²) >= 11 is 0. The van der Waals surface area contributed by atoms with Crippen LogP contribution in [0.5, 0.6) is 0 Å². The fourth-order valence-electron chi connectivity index (χ4n) is 7.97. The number of rotatable bonds is 1. The molecule has 0 spiro atoms. The van der Waals surface area contributed by atoms with Crippen molar-refractivity contribution in [3.05, 3.63) is 11.6 Å².